The van der Waals surface area contributed by atoms with Gasteiger partial charge in [0.1, 0.15) is 10.8 Å². The van der Waals surface area contributed by atoms with Crippen molar-refractivity contribution in [2.24, 2.45) is 0 Å². The molecule has 0 spiro atoms. The van der Waals surface area contributed by atoms with Gasteiger partial charge in [-0.1, -0.05) is 17.7 Å². The van der Waals surface area contributed by atoms with Crippen molar-refractivity contribution >= 4 is 40.2 Å². The number of rotatable bonds is 4. The minimum atomic E-state index is -4.65. The van der Waals surface area contributed by atoms with Gasteiger partial charge in [0.15, 0.2) is 5.65 Å². The van der Waals surface area contributed by atoms with Gasteiger partial charge >= 0.3 is 6.18 Å². The van der Waals surface area contributed by atoms with Crippen molar-refractivity contribution < 1.29 is 18.0 Å². The molecular weight excluding hydrogens is 457 g/mol. The van der Waals surface area contributed by atoms with E-state index < -0.39 is 17.8 Å². The van der Waals surface area contributed by atoms with Crippen molar-refractivity contribution in [3.05, 3.63) is 70.8 Å². The number of benzene rings is 1. The fourth-order valence-corrected chi connectivity index (χ4v) is 3.41. The molecule has 0 bridgehead atoms. The molecule has 3 aromatic heterocycles. The monoisotopic (exact) mass is 472 g/mol. The third-order valence-corrected chi connectivity index (χ3v) is 5.13. The molecule has 4 aromatic rings. The van der Waals surface area contributed by atoms with Gasteiger partial charge in [0, 0.05) is 41.6 Å². The smallest absolute Gasteiger partial charge is 0.357 e. The molecular formula is C22H16ClF3N6O. The fourth-order valence-electron chi connectivity index (χ4n) is 3.17. The average molecular weight is 473 g/mol. The molecule has 0 atom stereocenters. The summed E-state index contributed by atoms with van der Waals surface area (Å²) in [7, 11) is 1.69. The van der Waals surface area contributed by atoms with Gasteiger partial charge in [0.05, 0.1) is 0 Å². The van der Waals surface area contributed by atoms with E-state index in [1.165, 1.54) is 6.07 Å². The maximum atomic E-state index is 12.9. The van der Waals surface area contributed by atoms with Crippen molar-refractivity contribution in [3.63, 3.8) is 0 Å². The molecule has 7 nitrogen and oxygen atoms in total. The molecule has 0 aliphatic rings. The molecule has 1 aromatic carbocycles. The van der Waals surface area contributed by atoms with Gasteiger partial charge in [-0.15, -0.1) is 0 Å². The van der Waals surface area contributed by atoms with Crippen LogP contribution in [0.25, 0.3) is 22.2 Å². The number of hydrogen-bond acceptors (Lipinski definition) is 6. The van der Waals surface area contributed by atoms with E-state index in [1.54, 1.807) is 37.5 Å². The standard InChI is InChI=1S/C22H16ClF3N6O/c1-11-3-4-14(30-20(33)12-5-6-28-17(8-12)22(24,25)26)9-15(11)16-7-13-10-29-21(27-2)32-19(13)31-18(16)23/h3-10H,1-2H3,(H,30,33)(H,27,29,31,32). The summed E-state index contributed by atoms with van der Waals surface area (Å²) in [6.45, 7) is 1.86. The second kappa shape index (κ2) is 8.62. The molecule has 11 heteroatoms. The average Bonchev–Trinajstić information content (AvgIpc) is 2.79. The van der Waals surface area contributed by atoms with Crippen LogP contribution in [0.2, 0.25) is 5.15 Å². The molecule has 33 heavy (non-hydrogen) atoms. The number of anilines is 2. The summed E-state index contributed by atoms with van der Waals surface area (Å²) in [5, 5.41) is 6.32. The van der Waals surface area contributed by atoms with E-state index in [9.17, 15) is 18.0 Å². The number of aromatic nitrogens is 4. The molecule has 0 radical (unpaired) electrons. The first kappa shape index (κ1) is 22.4. The molecule has 3 heterocycles. The Kier molecular flexibility index (Phi) is 5.86. The first-order valence-corrected chi connectivity index (χ1v) is 10.00. The van der Waals surface area contributed by atoms with Gasteiger partial charge < -0.3 is 10.6 Å². The van der Waals surface area contributed by atoms with Crippen LogP contribution in [0.5, 0.6) is 0 Å². The lowest BCUT2D eigenvalue weighted by atomic mass is 10.0. The number of pyridine rings is 2. The number of alkyl halides is 3. The van der Waals surface area contributed by atoms with E-state index in [2.05, 4.69) is 30.6 Å². The van der Waals surface area contributed by atoms with E-state index in [4.69, 9.17) is 11.6 Å². The second-order valence-corrected chi connectivity index (χ2v) is 7.45. The Hall–Kier alpha value is -3.79. The predicted octanol–water partition coefficient (Wildman–Crippen LogP) is 5.36. The molecule has 0 saturated carbocycles. The van der Waals surface area contributed by atoms with Crippen molar-refractivity contribution in [2.45, 2.75) is 13.1 Å². The van der Waals surface area contributed by atoms with Crippen LogP contribution in [0.15, 0.2) is 48.8 Å². The van der Waals surface area contributed by atoms with E-state index in [1.807, 2.05) is 6.92 Å². The Bertz CT molecular complexity index is 1380. The van der Waals surface area contributed by atoms with E-state index in [0.29, 0.717) is 39.9 Å². The highest BCUT2D eigenvalue weighted by molar-refractivity contribution is 6.32. The number of aryl methyl sites for hydroxylation is 1. The number of halogens is 4. The first-order valence-electron chi connectivity index (χ1n) is 9.62. The highest BCUT2D eigenvalue weighted by Gasteiger charge is 2.33. The van der Waals surface area contributed by atoms with Gasteiger partial charge in [-0.3, -0.25) is 9.78 Å². The first-order chi connectivity index (χ1) is 15.7. The number of hydrogen-bond donors (Lipinski definition) is 2. The SMILES string of the molecule is CNc1ncc2cc(-c3cc(NC(=O)c4ccnc(C(F)(F)F)c4)ccc3C)c(Cl)nc2n1. The molecule has 0 saturated heterocycles. The summed E-state index contributed by atoms with van der Waals surface area (Å²) in [6.07, 6.45) is -2.09. The lowest BCUT2D eigenvalue weighted by Crippen LogP contribution is -2.15. The Morgan fingerprint density at radius 2 is 1.82 bits per heavy atom. The van der Waals surface area contributed by atoms with Crippen LogP contribution in [0, 0.1) is 6.92 Å². The topological polar surface area (TPSA) is 92.7 Å². The van der Waals surface area contributed by atoms with Crippen molar-refractivity contribution in [1.29, 1.82) is 0 Å². The zero-order valence-corrected chi connectivity index (χ0v) is 18.1. The zero-order chi connectivity index (χ0) is 23.8. The summed E-state index contributed by atoms with van der Waals surface area (Å²) in [5.74, 6) is -0.294. The minimum absolute atomic E-state index is 0.164. The van der Waals surface area contributed by atoms with Crippen LogP contribution < -0.4 is 10.6 Å². The van der Waals surface area contributed by atoms with Crippen LogP contribution in [-0.2, 0) is 6.18 Å². The molecule has 0 unspecified atom stereocenters. The van der Waals surface area contributed by atoms with Gasteiger partial charge in [-0.05, 0) is 48.4 Å². The molecule has 0 aliphatic carbocycles. The lowest BCUT2D eigenvalue weighted by molar-refractivity contribution is -0.141. The molecule has 4 rings (SSSR count). The van der Waals surface area contributed by atoms with Gasteiger partial charge in [0.2, 0.25) is 5.95 Å². The summed E-state index contributed by atoms with van der Waals surface area (Å²) >= 11 is 6.43. The number of nitrogens with zero attached hydrogens (tertiary/aromatic N) is 4. The summed E-state index contributed by atoms with van der Waals surface area (Å²) in [5.41, 5.74) is 1.64. The Balaban J connectivity index is 1.68. The number of fused-ring (bicyclic) bond motifs is 1. The van der Waals surface area contributed by atoms with Crippen LogP contribution in [0.1, 0.15) is 21.6 Å². The predicted molar refractivity (Wildman–Crippen MR) is 119 cm³/mol. The number of carbonyl (C=O) groups is 1. The highest BCUT2D eigenvalue weighted by Crippen LogP contribution is 2.34. The van der Waals surface area contributed by atoms with Crippen LogP contribution in [-0.4, -0.2) is 32.9 Å². The van der Waals surface area contributed by atoms with Crippen molar-refractivity contribution in [2.75, 3.05) is 17.7 Å². The summed E-state index contributed by atoms with van der Waals surface area (Å²) in [6, 6.07) is 8.79. The normalized spacial score (nSPS) is 11.5. The van der Waals surface area contributed by atoms with Crippen molar-refractivity contribution in [3.8, 4) is 11.1 Å². The number of amides is 1. The van der Waals surface area contributed by atoms with Gasteiger partial charge in [-0.2, -0.15) is 18.2 Å². The van der Waals surface area contributed by atoms with Crippen LogP contribution in [0.3, 0.4) is 0 Å². The van der Waals surface area contributed by atoms with Gasteiger partial charge in [0.25, 0.3) is 5.91 Å². The van der Waals surface area contributed by atoms with Crippen LogP contribution >= 0.6 is 11.6 Å². The third kappa shape index (κ3) is 4.70. The zero-order valence-electron chi connectivity index (χ0n) is 17.3. The second-order valence-electron chi connectivity index (χ2n) is 7.09. The maximum absolute atomic E-state index is 12.9. The van der Waals surface area contributed by atoms with E-state index in [0.717, 1.165) is 11.8 Å². The Labute approximate surface area is 191 Å². The highest BCUT2D eigenvalue weighted by atomic mass is 35.5. The maximum Gasteiger partial charge on any atom is 0.433 e. The minimum Gasteiger partial charge on any atom is -0.357 e. The quantitative estimate of drug-likeness (QED) is 0.388. The molecule has 0 fully saturated rings. The molecule has 2 N–H and O–H groups in total. The third-order valence-electron chi connectivity index (χ3n) is 4.84. The summed E-state index contributed by atoms with van der Waals surface area (Å²) in [4.78, 5) is 28.6. The Morgan fingerprint density at radius 3 is 2.55 bits per heavy atom. The van der Waals surface area contributed by atoms with Crippen LogP contribution in [0.4, 0.5) is 24.8 Å². The number of nitrogens with one attached hydrogen (secondary N) is 2. The molecule has 0 aliphatic heterocycles. The Morgan fingerprint density at radius 1 is 1.03 bits per heavy atom. The van der Waals surface area contributed by atoms with E-state index in [-0.39, 0.29) is 10.7 Å². The largest absolute Gasteiger partial charge is 0.433 e. The van der Waals surface area contributed by atoms with Gasteiger partial charge in [-0.25, -0.2) is 9.97 Å². The molecule has 168 valence electrons. The van der Waals surface area contributed by atoms with Crippen molar-refractivity contribution in [1.82, 2.24) is 19.9 Å². The van der Waals surface area contributed by atoms with E-state index >= 15 is 0 Å². The molecule has 1 amide bonds. The summed E-state index contributed by atoms with van der Waals surface area (Å²) < 4.78 is 38.7. The fraction of sp³-hybridized carbons (Fsp3) is 0.136. The lowest BCUT2D eigenvalue weighted by Gasteiger charge is -2.13. The number of carbonyl (C=O) groups excluding carboxylic acids is 1.